The van der Waals surface area contributed by atoms with Crippen LogP contribution in [0.15, 0.2) is 78.9 Å². The minimum Gasteiger partial charge on any atom is -0.344 e. The van der Waals surface area contributed by atoms with Crippen molar-refractivity contribution in [1.82, 2.24) is 0 Å². The summed E-state index contributed by atoms with van der Waals surface area (Å²) < 4.78 is 25.6. The van der Waals surface area contributed by atoms with Gasteiger partial charge in [0.15, 0.2) is 0 Å². The molecule has 0 radical (unpaired) electrons. The number of rotatable bonds is 5. The summed E-state index contributed by atoms with van der Waals surface area (Å²) in [5, 5.41) is 2.91. The molecule has 1 aliphatic heterocycles. The maximum Gasteiger partial charge on any atom is 0.257 e. The number of hydrogen-bond acceptors (Lipinski definition) is 4. The molecule has 0 bridgehead atoms. The fourth-order valence-corrected chi connectivity index (χ4v) is 5.15. The van der Waals surface area contributed by atoms with Gasteiger partial charge in [0, 0.05) is 25.0 Å². The molecule has 1 amide bonds. The minimum atomic E-state index is -3.22. The molecule has 1 saturated heterocycles. The van der Waals surface area contributed by atoms with E-state index in [0.717, 1.165) is 11.4 Å². The highest BCUT2D eigenvalue weighted by Crippen LogP contribution is 2.28. The lowest BCUT2D eigenvalue weighted by molar-refractivity contribution is 0.102. The van der Waals surface area contributed by atoms with E-state index in [2.05, 4.69) is 5.32 Å². The number of sulfonamides is 1. The van der Waals surface area contributed by atoms with Crippen LogP contribution in [0.1, 0.15) is 16.8 Å². The summed E-state index contributed by atoms with van der Waals surface area (Å²) in [5.41, 5.74) is 3.55. The molecule has 3 aromatic rings. The molecule has 4 rings (SSSR count). The Morgan fingerprint density at radius 1 is 0.933 bits per heavy atom. The molecule has 3 aromatic carbocycles. The third-order valence-corrected chi connectivity index (χ3v) is 7.04. The third kappa shape index (κ3) is 4.02. The molecule has 1 aliphatic rings. The van der Waals surface area contributed by atoms with Crippen LogP contribution in [-0.4, -0.2) is 33.7 Å². The topological polar surface area (TPSA) is 69.7 Å². The molecule has 0 spiro atoms. The van der Waals surface area contributed by atoms with Gasteiger partial charge >= 0.3 is 0 Å². The van der Waals surface area contributed by atoms with Crippen LogP contribution in [0.3, 0.4) is 0 Å². The largest absolute Gasteiger partial charge is 0.344 e. The van der Waals surface area contributed by atoms with E-state index in [-0.39, 0.29) is 11.7 Å². The Morgan fingerprint density at radius 3 is 2.27 bits per heavy atom. The van der Waals surface area contributed by atoms with E-state index < -0.39 is 10.0 Å². The van der Waals surface area contributed by atoms with Gasteiger partial charge in [-0.05, 0) is 55.0 Å². The SMILES string of the molecule is CN(c1ccccc1)c1ccccc1C(=O)Nc1ccc(N2CCCS2(=O)=O)cc1. The van der Waals surface area contributed by atoms with Crippen molar-refractivity contribution in [1.29, 1.82) is 0 Å². The van der Waals surface area contributed by atoms with Gasteiger partial charge in [-0.25, -0.2) is 8.42 Å². The van der Waals surface area contributed by atoms with Crippen molar-refractivity contribution in [3.05, 3.63) is 84.4 Å². The van der Waals surface area contributed by atoms with E-state index in [0.29, 0.717) is 29.9 Å². The first-order valence-electron chi connectivity index (χ1n) is 9.75. The Kier molecular flexibility index (Phi) is 5.46. The molecular formula is C23H23N3O3S. The molecule has 0 aromatic heterocycles. The molecule has 1 N–H and O–H groups in total. The molecule has 6 nitrogen and oxygen atoms in total. The zero-order chi connectivity index (χ0) is 21.1. The van der Waals surface area contributed by atoms with Gasteiger partial charge in [-0.1, -0.05) is 30.3 Å². The summed E-state index contributed by atoms with van der Waals surface area (Å²) >= 11 is 0. The van der Waals surface area contributed by atoms with Crippen LogP contribution in [0.4, 0.5) is 22.7 Å². The maximum atomic E-state index is 13.0. The van der Waals surface area contributed by atoms with Crippen molar-refractivity contribution in [2.75, 3.05) is 33.9 Å². The van der Waals surface area contributed by atoms with Gasteiger partial charge in [-0.2, -0.15) is 0 Å². The summed E-state index contributed by atoms with van der Waals surface area (Å²) in [4.78, 5) is 14.9. The van der Waals surface area contributed by atoms with Crippen molar-refractivity contribution < 1.29 is 13.2 Å². The number of anilines is 4. The van der Waals surface area contributed by atoms with Gasteiger partial charge in [0.1, 0.15) is 0 Å². The lowest BCUT2D eigenvalue weighted by Gasteiger charge is -2.22. The fraction of sp³-hybridized carbons (Fsp3) is 0.174. The summed E-state index contributed by atoms with van der Waals surface area (Å²) in [6.07, 6.45) is 0.631. The Hall–Kier alpha value is -3.32. The van der Waals surface area contributed by atoms with E-state index in [1.54, 1.807) is 30.3 Å². The van der Waals surface area contributed by atoms with Crippen molar-refractivity contribution in [3.8, 4) is 0 Å². The van der Waals surface area contributed by atoms with Crippen LogP contribution in [0.5, 0.6) is 0 Å². The molecule has 1 heterocycles. The number of nitrogens with one attached hydrogen (secondary N) is 1. The molecule has 0 saturated carbocycles. The predicted molar refractivity (Wildman–Crippen MR) is 121 cm³/mol. The third-order valence-electron chi connectivity index (χ3n) is 5.17. The lowest BCUT2D eigenvalue weighted by atomic mass is 10.1. The molecule has 1 fully saturated rings. The van der Waals surface area contributed by atoms with Crippen LogP contribution in [0, 0.1) is 0 Å². The standard InChI is InChI=1S/C23H23N3O3S/c1-25(19-8-3-2-4-9-19)22-11-6-5-10-21(22)23(27)24-18-12-14-20(15-13-18)26-16-7-17-30(26,28)29/h2-6,8-15H,7,16-17H2,1H3,(H,24,27). The van der Waals surface area contributed by atoms with Gasteiger partial charge in [-0.3, -0.25) is 9.10 Å². The molecule has 0 atom stereocenters. The number of amides is 1. The van der Waals surface area contributed by atoms with Gasteiger partial charge in [0.05, 0.1) is 22.7 Å². The van der Waals surface area contributed by atoms with E-state index >= 15 is 0 Å². The normalized spacial score (nSPS) is 15.0. The molecular weight excluding hydrogens is 398 g/mol. The predicted octanol–water partition coefficient (Wildman–Crippen LogP) is 4.25. The lowest BCUT2D eigenvalue weighted by Crippen LogP contribution is -2.25. The first-order chi connectivity index (χ1) is 14.5. The number of nitrogens with zero attached hydrogens (tertiary/aromatic N) is 2. The summed E-state index contributed by atoms with van der Waals surface area (Å²) in [7, 11) is -1.30. The Bertz CT molecular complexity index is 1150. The van der Waals surface area contributed by atoms with Crippen LogP contribution < -0.4 is 14.5 Å². The van der Waals surface area contributed by atoms with Crippen molar-refractivity contribution >= 4 is 38.7 Å². The molecule has 0 aliphatic carbocycles. The Morgan fingerprint density at radius 2 is 1.60 bits per heavy atom. The smallest absolute Gasteiger partial charge is 0.257 e. The molecule has 30 heavy (non-hydrogen) atoms. The minimum absolute atomic E-state index is 0.178. The van der Waals surface area contributed by atoms with E-state index in [9.17, 15) is 13.2 Å². The number of hydrogen-bond donors (Lipinski definition) is 1. The van der Waals surface area contributed by atoms with Gasteiger partial charge < -0.3 is 10.2 Å². The van der Waals surface area contributed by atoms with Crippen LogP contribution in [0.25, 0.3) is 0 Å². The number of carbonyl (C=O) groups excluding carboxylic acids is 1. The van der Waals surface area contributed by atoms with Crippen molar-refractivity contribution in [3.63, 3.8) is 0 Å². The molecule has 7 heteroatoms. The summed E-state index contributed by atoms with van der Waals surface area (Å²) in [6, 6.07) is 24.2. The molecule has 0 unspecified atom stereocenters. The number of para-hydroxylation sites is 2. The average molecular weight is 422 g/mol. The summed E-state index contributed by atoms with van der Waals surface area (Å²) in [6.45, 7) is 0.493. The highest BCUT2D eigenvalue weighted by Gasteiger charge is 2.28. The van der Waals surface area contributed by atoms with Crippen LogP contribution in [0.2, 0.25) is 0 Å². The van der Waals surface area contributed by atoms with E-state index in [1.807, 2.05) is 60.5 Å². The second kappa shape index (κ2) is 8.20. The fourth-order valence-electron chi connectivity index (χ4n) is 3.59. The second-order valence-corrected chi connectivity index (χ2v) is 9.17. The van der Waals surface area contributed by atoms with Crippen LogP contribution in [-0.2, 0) is 10.0 Å². The van der Waals surface area contributed by atoms with Crippen molar-refractivity contribution in [2.24, 2.45) is 0 Å². The van der Waals surface area contributed by atoms with E-state index in [4.69, 9.17) is 0 Å². The van der Waals surface area contributed by atoms with Crippen molar-refractivity contribution in [2.45, 2.75) is 6.42 Å². The maximum absolute atomic E-state index is 13.0. The number of carbonyl (C=O) groups is 1. The molecule has 154 valence electrons. The zero-order valence-electron chi connectivity index (χ0n) is 16.7. The first-order valence-corrected chi connectivity index (χ1v) is 11.4. The Labute approximate surface area is 176 Å². The number of benzene rings is 3. The second-order valence-electron chi connectivity index (χ2n) is 7.15. The van der Waals surface area contributed by atoms with E-state index in [1.165, 1.54) is 4.31 Å². The highest BCUT2D eigenvalue weighted by atomic mass is 32.2. The average Bonchev–Trinajstić information content (AvgIpc) is 3.13. The monoisotopic (exact) mass is 421 g/mol. The Balaban J connectivity index is 1.54. The quantitative estimate of drug-likeness (QED) is 0.669. The van der Waals surface area contributed by atoms with Gasteiger partial charge in [0.2, 0.25) is 10.0 Å². The first kappa shape index (κ1) is 20.0. The summed E-state index contributed by atoms with van der Waals surface area (Å²) in [5.74, 6) is -0.0491. The highest BCUT2D eigenvalue weighted by molar-refractivity contribution is 7.93. The van der Waals surface area contributed by atoms with Gasteiger partial charge in [0.25, 0.3) is 5.91 Å². The zero-order valence-corrected chi connectivity index (χ0v) is 17.5. The van der Waals surface area contributed by atoms with Crippen LogP contribution >= 0.6 is 0 Å². The van der Waals surface area contributed by atoms with Gasteiger partial charge in [-0.15, -0.1) is 0 Å².